The standard InChI is InChI=1S/C21H18F6N4O/c1-12-17(13(2)31(30-12)18-5-3-4-7-28-18)6-8-29-19(32)14-9-15(20(22,23)24)11-16(10-14)21(25,26)27/h3-5,7,9-11H,6,8H2,1-2H3,(H,29,32). The SMILES string of the molecule is Cc1nn(-c2ccccn2)c(C)c1CCNC(=O)c1cc(C(F)(F)F)cc(C(F)(F)F)c1. The van der Waals surface area contributed by atoms with Gasteiger partial charge in [0, 0.05) is 24.0 Å². The summed E-state index contributed by atoms with van der Waals surface area (Å²) in [5.74, 6) is -0.443. The second-order valence-electron chi connectivity index (χ2n) is 7.05. The molecule has 170 valence electrons. The molecule has 0 atom stereocenters. The van der Waals surface area contributed by atoms with E-state index in [1.807, 2.05) is 0 Å². The maximum atomic E-state index is 13.0. The number of nitrogens with one attached hydrogen (secondary N) is 1. The van der Waals surface area contributed by atoms with Gasteiger partial charge in [0.25, 0.3) is 5.91 Å². The maximum absolute atomic E-state index is 13.0. The number of benzene rings is 1. The van der Waals surface area contributed by atoms with Gasteiger partial charge in [-0.05, 0) is 56.2 Å². The minimum atomic E-state index is -5.02. The number of hydrogen-bond donors (Lipinski definition) is 1. The van der Waals surface area contributed by atoms with E-state index in [2.05, 4.69) is 15.4 Å². The predicted octanol–water partition coefficient (Wildman–Crippen LogP) is 4.89. The highest BCUT2D eigenvalue weighted by molar-refractivity contribution is 5.94. The van der Waals surface area contributed by atoms with Crippen molar-refractivity contribution in [3.63, 3.8) is 0 Å². The third kappa shape index (κ3) is 5.09. The lowest BCUT2D eigenvalue weighted by molar-refractivity contribution is -0.143. The predicted molar refractivity (Wildman–Crippen MR) is 103 cm³/mol. The van der Waals surface area contributed by atoms with Gasteiger partial charge in [-0.2, -0.15) is 31.4 Å². The van der Waals surface area contributed by atoms with Crippen LogP contribution in [0.5, 0.6) is 0 Å². The molecule has 3 rings (SSSR count). The van der Waals surface area contributed by atoms with E-state index < -0.39 is 35.0 Å². The number of aryl methyl sites for hydroxylation is 1. The third-order valence-electron chi connectivity index (χ3n) is 4.82. The third-order valence-corrected chi connectivity index (χ3v) is 4.82. The van der Waals surface area contributed by atoms with Crippen molar-refractivity contribution in [2.45, 2.75) is 32.6 Å². The van der Waals surface area contributed by atoms with Gasteiger partial charge in [-0.3, -0.25) is 4.79 Å². The molecule has 0 aliphatic carbocycles. The molecule has 0 fully saturated rings. The number of aromatic nitrogens is 3. The molecule has 0 aliphatic heterocycles. The topological polar surface area (TPSA) is 59.8 Å². The van der Waals surface area contributed by atoms with Crippen molar-refractivity contribution >= 4 is 5.91 Å². The van der Waals surface area contributed by atoms with Gasteiger partial charge in [0.1, 0.15) is 0 Å². The summed E-state index contributed by atoms with van der Waals surface area (Å²) in [6.07, 6.45) is -8.16. The van der Waals surface area contributed by atoms with Crippen LogP contribution in [0.1, 0.15) is 38.4 Å². The van der Waals surface area contributed by atoms with Crippen LogP contribution in [0.4, 0.5) is 26.3 Å². The fourth-order valence-corrected chi connectivity index (χ4v) is 3.23. The number of amides is 1. The number of nitrogens with zero attached hydrogens (tertiary/aromatic N) is 3. The molecule has 3 aromatic rings. The fourth-order valence-electron chi connectivity index (χ4n) is 3.23. The monoisotopic (exact) mass is 456 g/mol. The molecule has 0 saturated carbocycles. The van der Waals surface area contributed by atoms with Crippen molar-refractivity contribution in [3.05, 3.63) is 76.2 Å². The second kappa shape index (κ2) is 8.64. The molecule has 0 saturated heterocycles. The quantitative estimate of drug-likeness (QED) is 0.556. The van der Waals surface area contributed by atoms with E-state index in [9.17, 15) is 31.1 Å². The molecule has 1 amide bonds. The molecule has 0 aliphatic rings. The molecule has 11 heteroatoms. The van der Waals surface area contributed by atoms with E-state index in [1.165, 1.54) is 0 Å². The van der Waals surface area contributed by atoms with Gasteiger partial charge in [0.2, 0.25) is 0 Å². The number of rotatable bonds is 5. The molecular weight excluding hydrogens is 438 g/mol. The van der Waals surface area contributed by atoms with E-state index in [-0.39, 0.29) is 19.0 Å². The summed E-state index contributed by atoms with van der Waals surface area (Å²) < 4.78 is 79.6. The van der Waals surface area contributed by atoms with E-state index in [1.54, 1.807) is 42.9 Å². The van der Waals surface area contributed by atoms with Crippen molar-refractivity contribution in [1.82, 2.24) is 20.1 Å². The lowest BCUT2D eigenvalue weighted by Crippen LogP contribution is -2.27. The van der Waals surface area contributed by atoms with E-state index in [0.717, 1.165) is 11.3 Å². The van der Waals surface area contributed by atoms with Crippen molar-refractivity contribution < 1.29 is 31.1 Å². The molecule has 0 bridgehead atoms. The largest absolute Gasteiger partial charge is 0.416 e. The Hall–Kier alpha value is -3.37. The van der Waals surface area contributed by atoms with Crippen LogP contribution in [-0.2, 0) is 18.8 Å². The Balaban J connectivity index is 1.77. The van der Waals surface area contributed by atoms with Crippen LogP contribution in [0.2, 0.25) is 0 Å². The van der Waals surface area contributed by atoms with Crippen LogP contribution < -0.4 is 5.32 Å². The number of pyridine rings is 1. The van der Waals surface area contributed by atoms with Gasteiger partial charge in [-0.15, -0.1) is 0 Å². The number of hydrogen-bond acceptors (Lipinski definition) is 3. The molecule has 0 spiro atoms. The first-order valence-corrected chi connectivity index (χ1v) is 9.42. The van der Waals surface area contributed by atoms with Gasteiger partial charge in [-0.1, -0.05) is 6.07 Å². The molecule has 32 heavy (non-hydrogen) atoms. The second-order valence-corrected chi connectivity index (χ2v) is 7.05. The Labute approximate surface area is 179 Å². The summed E-state index contributed by atoms with van der Waals surface area (Å²) in [5, 5.41) is 6.79. The zero-order chi connectivity index (χ0) is 23.7. The number of halogens is 6. The number of carbonyl (C=O) groups is 1. The minimum absolute atomic E-state index is 0.00792. The fraction of sp³-hybridized carbons (Fsp3) is 0.286. The van der Waals surface area contributed by atoms with E-state index in [0.29, 0.717) is 23.6 Å². The maximum Gasteiger partial charge on any atom is 0.416 e. The highest BCUT2D eigenvalue weighted by Crippen LogP contribution is 2.36. The summed E-state index contributed by atoms with van der Waals surface area (Å²) in [4.78, 5) is 16.5. The molecule has 1 N–H and O–H groups in total. The molecule has 0 radical (unpaired) electrons. The van der Waals surface area contributed by atoms with Gasteiger partial charge < -0.3 is 5.32 Å². The van der Waals surface area contributed by atoms with Crippen LogP contribution in [-0.4, -0.2) is 27.2 Å². The highest BCUT2D eigenvalue weighted by Gasteiger charge is 2.37. The number of alkyl halides is 6. The van der Waals surface area contributed by atoms with Gasteiger partial charge >= 0.3 is 12.4 Å². The van der Waals surface area contributed by atoms with Crippen molar-refractivity contribution in [2.24, 2.45) is 0 Å². The first kappa shape index (κ1) is 23.3. The Morgan fingerprint density at radius 2 is 1.62 bits per heavy atom. The molecule has 0 unspecified atom stereocenters. The Morgan fingerprint density at radius 1 is 1.00 bits per heavy atom. The van der Waals surface area contributed by atoms with Crippen LogP contribution >= 0.6 is 0 Å². The Bertz CT molecular complexity index is 1090. The first-order chi connectivity index (χ1) is 14.9. The van der Waals surface area contributed by atoms with E-state index >= 15 is 0 Å². The zero-order valence-electron chi connectivity index (χ0n) is 17.0. The van der Waals surface area contributed by atoms with Crippen LogP contribution in [0, 0.1) is 13.8 Å². The smallest absolute Gasteiger partial charge is 0.352 e. The summed E-state index contributed by atoms with van der Waals surface area (Å²) in [5.41, 5.74) is -1.59. The van der Waals surface area contributed by atoms with Crippen molar-refractivity contribution in [2.75, 3.05) is 6.54 Å². The average molecular weight is 456 g/mol. The minimum Gasteiger partial charge on any atom is -0.352 e. The molecule has 2 heterocycles. The van der Waals surface area contributed by atoms with Crippen LogP contribution in [0.3, 0.4) is 0 Å². The Kier molecular flexibility index (Phi) is 6.29. The van der Waals surface area contributed by atoms with Crippen molar-refractivity contribution in [1.29, 1.82) is 0 Å². The lowest BCUT2D eigenvalue weighted by Gasteiger charge is -2.14. The number of carbonyl (C=O) groups excluding carboxylic acids is 1. The van der Waals surface area contributed by atoms with Gasteiger partial charge in [0.15, 0.2) is 5.82 Å². The van der Waals surface area contributed by atoms with Gasteiger partial charge in [0.05, 0.1) is 16.8 Å². The van der Waals surface area contributed by atoms with Crippen molar-refractivity contribution in [3.8, 4) is 5.82 Å². The van der Waals surface area contributed by atoms with Crippen LogP contribution in [0.25, 0.3) is 5.82 Å². The summed E-state index contributed by atoms with van der Waals surface area (Å²) in [6.45, 7) is 3.55. The average Bonchev–Trinajstić information content (AvgIpc) is 3.01. The van der Waals surface area contributed by atoms with Gasteiger partial charge in [-0.25, -0.2) is 9.67 Å². The zero-order valence-corrected chi connectivity index (χ0v) is 17.0. The summed E-state index contributed by atoms with van der Waals surface area (Å²) in [7, 11) is 0. The first-order valence-electron chi connectivity index (χ1n) is 9.42. The molecule has 1 aromatic carbocycles. The Morgan fingerprint density at radius 3 is 2.16 bits per heavy atom. The summed E-state index contributed by atoms with van der Waals surface area (Å²) >= 11 is 0. The molecular formula is C21H18F6N4O. The molecule has 5 nitrogen and oxygen atoms in total. The van der Waals surface area contributed by atoms with E-state index in [4.69, 9.17) is 0 Å². The summed E-state index contributed by atoms with van der Waals surface area (Å²) in [6, 6.07) is 6.10. The highest BCUT2D eigenvalue weighted by atomic mass is 19.4. The molecule has 2 aromatic heterocycles. The normalized spacial score (nSPS) is 12.1. The van der Waals surface area contributed by atoms with Crippen LogP contribution in [0.15, 0.2) is 42.6 Å². The lowest BCUT2D eigenvalue weighted by atomic mass is 10.0.